The van der Waals surface area contributed by atoms with Gasteiger partial charge in [0.2, 0.25) is 0 Å². The van der Waals surface area contributed by atoms with Crippen molar-refractivity contribution in [2.45, 2.75) is 90.9 Å². The van der Waals surface area contributed by atoms with Crippen LogP contribution in [0.4, 0.5) is 0 Å². The summed E-state index contributed by atoms with van der Waals surface area (Å²) in [5.74, 6) is 8.55. The van der Waals surface area contributed by atoms with Gasteiger partial charge in [0.1, 0.15) is 0 Å². The first kappa shape index (κ1) is 22.7. The van der Waals surface area contributed by atoms with Gasteiger partial charge in [0, 0.05) is 11.5 Å². The van der Waals surface area contributed by atoms with E-state index >= 15 is 0 Å². The summed E-state index contributed by atoms with van der Waals surface area (Å²) in [6.07, 6.45) is 16.0. The second-order valence-electron chi connectivity index (χ2n) is 9.21. The molecule has 0 heterocycles. The highest BCUT2D eigenvalue weighted by Gasteiger charge is 2.18. The molecular weight excluding hydrogens is 360 g/mol. The van der Waals surface area contributed by atoms with Crippen molar-refractivity contribution < 1.29 is 0 Å². The number of hydrogen-bond acceptors (Lipinski definition) is 0. The van der Waals surface area contributed by atoms with Gasteiger partial charge < -0.3 is 0 Å². The maximum Gasteiger partial charge on any atom is 0.0245 e. The summed E-state index contributed by atoms with van der Waals surface area (Å²) in [5, 5.41) is 0. The minimum atomic E-state index is 0.604. The number of unbranched alkanes of at least 4 members (excludes halogenated alkanes) is 4. The number of benzene rings is 2. The highest BCUT2D eigenvalue weighted by Crippen LogP contribution is 2.31. The van der Waals surface area contributed by atoms with E-state index in [9.17, 15) is 0 Å². The van der Waals surface area contributed by atoms with Crippen LogP contribution in [0.2, 0.25) is 0 Å². The lowest BCUT2D eigenvalue weighted by molar-refractivity contribution is 0.300. The van der Waals surface area contributed by atoms with Crippen LogP contribution in [0.3, 0.4) is 0 Å². The maximum atomic E-state index is 3.55. The van der Waals surface area contributed by atoms with Gasteiger partial charge in [-0.15, -0.1) is 0 Å². The molecule has 0 spiro atoms. The smallest absolute Gasteiger partial charge is 0.0245 e. The Morgan fingerprint density at radius 2 is 1.33 bits per heavy atom. The van der Waals surface area contributed by atoms with Gasteiger partial charge in [-0.1, -0.05) is 101 Å². The van der Waals surface area contributed by atoms with Crippen molar-refractivity contribution in [3.63, 3.8) is 0 Å². The molecule has 0 nitrogen and oxygen atoms in total. The molecule has 0 aromatic heterocycles. The molecule has 1 saturated carbocycles. The van der Waals surface area contributed by atoms with Crippen LogP contribution >= 0.6 is 0 Å². The third kappa shape index (κ3) is 7.36. The molecule has 0 amide bonds. The van der Waals surface area contributed by atoms with Crippen LogP contribution < -0.4 is 0 Å². The summed E-state index contributed by atoms with van der Waals surface area (Å²) in [6.45, 7) is 4.58. The zero-order chi connectivity index (χ0) is 21.0. The fourth-order valence-electron chi connectivity index (χ4n) is 4.73. The summed E-state index contributed by atoms with van der Waals surface area (Å²) in [4.78, 5) is 0. The Hall–Kier alpha value is -2.00. The van der Waals surface area contributed by atoms with Crippen molar-refractivity contribution >= 4 is 0 Å². The van der Waals surface area contributed by atoms with Crippen molar-refractivity contribution in [1.29, 1.82) is 0 Å². The third-order valence-electron chi connectivity index (χ3n) is 6.71. The molecule has 0 bridgehead atoms. The molecule has 1 aliphatic rings. The van der Waals surface area contributed by atoms with Gasteiger partial charge in [-0.25, -0.2) is 0 Å². The molecule has 0 N–H and O–H groups in total. The normalized spacial score (nSPS) is 18.6. The molecule has 0 aliphatic heterocycles. The first-order valence-corrected chi connectivity index (χ1v) is 12.5. The lowest BCUT2D eigenvalue weighted by Crippen LogP contribution is -2.13. The van der Waals surface area contributed by atoms with Crippen molar-refractivity contribution in [3.05, 3.63) is 59.7 Å². The Labute approximate surface area is 185 Å². The molecule has 30 heavy (non-hydrogen) atoms. The quantitative estimate of drug-likeness (QED) is 0.291. The second kappa shape index (κ2) is 12.6. The van der Waals surface area contributed by atoms with Gasteiger partial charge in [0.05, 0.1) is 0 Å². The van der Waals surface area contributed by atoms with E-state index in [1.807, 2.05) is 0 Å². The van der Waals surface area contributed by atoms with Crippen LogP contribution in [0.1, 0.15) is 95.6 Å². The van der Waals surface area contributed by atoms with Gasteiger partial charge in [-0.05, 0) is 73.3 Å². The summed E-state index contributed by atoms with van der Waals surface area (Å²) in [6, 6.07) is 18.0. The summed E-state index contributed by atoms with van der Waals surface area (Å²) in [7, 11) is 0. The van der Waals surface area contributed by atoms with Gasteiger partial charge in [-0.2, -0.15) is 0 Å². The average molecular weight is 401 g/mol. The Balaban J connectivity index is 1.49. The van der Waals surface area contributed by atoms with Crippen LogP contribution in [0.25, 0.3) is 11.1 Å². The molecule has 160 valence electrons. The predicted molar refractivity (Wildman–Crippen MR) is 132 cm³/mol. The minimum absolute atomic E-state index is 0.604. The first-order valence-electron chi connectivity index (χ1n) is 12.5. The number of rotatable bonds is 9. The van der Waals surface area contributed by atoms with Gasteiger partial charge >= 0.3 is 0 Å². The Bertz CT molecular complexity index is 777. The first-order chi connectivity index (χ1) is 14.8. The molecule has 1 fully saturated rings. The zero-order valence-corrected chi connectivity index (χ0v) is 19.3. The van der Waals surface area contributed by atoms with E-state index in [0.717, 1.165) is 11.5 Å². The van der Waals surface area contributed by atoms with Crippen molar-refractivity contribution in [3.8, 4) is 23.0 Å². The molecule has 0 saturated heterocycles. The van der Waals surface area contributed by atoms with Crippen molar-refractivity contribution in [1.82, 2.24) is 0 Å². The van der Waals surface area contributed by atoms with Crippen LogP contribution in [0, 0.1) is 23.7 Å². The Morgan fingerprint density at radius 1 is 0.700 bits per heavy atom. The molecule has 1 aliphatic carbocycles. The van der Waals surface area contributed by atoms with Gasteiger partial charge in [0.25, 0.3) is 0 Å². The monoisotopic (exact) mass is 400 g/mol. The van der Waals surface area contributed by atoms with E-state index in [4.69, 9.17) is 0 Å². The van der Waals surface area contributed by atoms with Gasteiger partial charge in [-0.3, -0.25) is 0 Å². The largest absolute Gasteiger partial charge is 0.0945 e. The van der Waals surface area contributed by atoms with Crippen molar-refractivity contribution in [2.24, 2.45) is 11.8 Å². The highest BCUT2D eigenvalue weighted by atomic mass is 14.2. The van der Waals surface area contributed by atoms with Crippen LogP contribution in [-0.2, 0) is 6.42 Å². The third-order valence-corrected chi connectivity index (χ3v) is 6.71. The lowest BCUT2D eigenvalue weighted by Gasteiger charge is -2.25. The van der Waals surface area contributed by atoms with E-state index < -0.39 is 0 Å². The SMILES string of the molecule is CCCCCCCc1ccc(-c2ccc(C#C[C@H]3CC[C@H](CCC)CC3)cc2)cc1. The lowest BCUT2D eigenvalue weighted by atomic mass is 9.80. The highest BCUT2D eigenvalue weighted by molar-refractivity contribution is 5.64. The van der Waals surface area contributed by atoms with Gasteiger partial charge in [0.15, 0.2) is 0 Å². The van der Waals surface area contributed by atoms with E-state index in [-0.39, 0.29) is 0 Å². The van der Waals surface area contributed by atoms with E-state index in [1.54, 1.807) is 0 Å². The number of aryl methyl sites for hydroxylation is 1. The second-order valence-corrected chi connectivity index (χ2v) is 9.21. The maximum absolute atomic E-state index is 3.55. The molecule has 2 aromatic carbocycles. The van der Waals surface area contributed by atoms with Crippen molar-refractivity contribution in [2.75, 3.05) is 0 Å². The van der Waals surface area contributed by atoms with E-state index in [2.05, 4.69) is 74.2 Å². The Morgan fingerprint density at radius 3 is 1.97 bits per heavy atom. The number of hydrogen-bond donors (Lipinski definition) is 0. The van der Waals surface area contributed by atoms with Crippen LogP contribution in [-0.4, -0.2) is 0 Å². The molecule has 0 atom stereocenters. The Kier molecular flexibility index (Phi) is 9.56. The molecule has 0 heteroatoms. The topological polar surface area (TPSA) is 0 Å². The molecule has 2 aromatic rings. The minimum Gasteiger partial charge on any atom is -0.0945 e. The van der Waals surface area contributed by atoms with E-state index in [1.165, 1.54) is 93.7 Å². The predicted octanol–water partition coefficient (Wildman–Crippen LogP) is 8.82. The van der Waals surface area contributed by atoms with Crippen LogP contribution in [0.5, 0.6) is 0 Å². The zero-order valence-electron chi connectivity index (χ0n) is 19.3. The molecule has 0 radical (unpaired) electrons. The fraction of sp³-hybridized carbons (Fsp3) is 0.533. The fourth-order valence-corrected chi connectivity index (χ4v) is 4.73. The summed E-state index contributed by atoms with van der Waals surface area (Å²) < 4.78 is 0. The summed E-state index contributed by atoms with van der Waals surface area (Å²) in [5.41, 5.74) is 5.21. The molecule has 0 unspecified atom stereocenters. The average Bonchev–Trinajstić information content (AvgIpc) is 2.79. The van der Waals surface area contributed by atoms with Crippen LogP contribution in [0.15, 0.2) is 48.5 Å². The standard InChI is InChI=1S/C30H40/c1-3-5-6-7-8-10-26-17-21-29(22-18-26)30-23-19-28(20-24-30)16-15-27-13-11-25(9-4-2)12-14-27/h17-25,27H,3-14H2,1-2H3/t25-,27-. The van der Waals surface area contributed by atoms with E-state index in [0.29, 0.717) is 5.92 Å². The molecular formula is C30H40. The summed E-state index contributed by atoms with van der Waals surface area (Å²) >= 11 is 0. The molecule has 3 rings (SSSR count).